The minimum absolute atomic E-state index is 0. The van der Waals surface area contributed by atoms with E-state index in [-0.39, 0.29) is 47.0 Å². The fourth-order valence-corrected chi connectivity index (χ4v) is 2.65. The molecule has 1 aromatic carbocycles. The molecule has 1 fully saturated rings. The number of benzene rings is 1. The molecule has 1 saturated carbocycles. The van der Waals surface area contributed by atoms with Crippen LogP contribution >= 0.6 is 24.0 Å². The van der Waals surface area contributed by atoms with Crippen LogP contribution in [0.1, 0.15) is 39.2 Å². The molecule has 146 valence electrons. The van der Waals surface area contributed by atoms with Gasteiger partial charge in [0.2, 0.25) is 5.91 Å². The number of hydrogen-bond acceptors (Lipinski definition) is 2. The highest BCUT2D eigenvalue weighted by molar-refractivity contribution is 14.0. The van der Waals surface area contributed by atoms with E-state index in [1.54, 1.807) is 12.1 Å². The number of aliphatic imine (C=N–C) groups is 1. The molecule has 0 unspecified atom stereocenters. The van der Waals surface area contributed by atoms with Crippen molar-refractivity contribution in [1.29, 1.82) is 0 Å². The van der Waals surface area contributed by atoms with Crippen molar-refractivity contribution in [3.05, 3.63) is 35.6 Å². The first kappa shape index (κ1) is 22.7. The van der Waals surface area contributed by atoms with Gasteiger partial charge in [0.1, 0.15) is 5.82 Å². The van der Waals surface area contributed by atoms with E-state index in [0.29, 0.717) is 19.6 Å². The molecule has 1 amide bonds. The van der Waals surface area contributed by atoms with Crippen LogP contribution in [-0.4, -0.2) is 38.0 Å². The van der Waals surface area contributed by atoms with Gasteiger partial charge in [0, 0.05) is 31.0 Å². The molecule has 5 nitrogen and oxygen atoms in total. The van der Waals surface area contributed by atoms with Crippen LogP contribution in [0.3, 0.4) is 0 Å². The maximum atomic E-state index is 13.5. The zero-order chi connectivity index (χ0) is 18.3. The predicted molar refractivity (Wildman–Crippen MR) is 115 cm³/mol. The molecule has 26 heavy (non-hydrogen) atoms. The fraction of sp³-hybridized carbons (Fsp3) is 0.579. The normalized spacial score (nSPS) is 15.2. The number of carbonyl (C=O) groups is 1. The zero-order valence-electron chi connectivity index (χ0n) is 15.8. The number of amides is 1. The number of carbonyl (C=O) groups excluding carboxylic acids is 1. The zero-order valence-corrected chi connectivity index (χ0v) is 18.1. The second kappa shape index (κ2) is 10.7. The molecular formula is C19H30FIN4O. The van der Waals surface area contributed by atoms with Gasteiger partial charge in [0.05, 0.1) is 6.54 Å². The average Bonchev–Trinajstić information content (AvgIpc) is 3.37. The van der Waals surface area contributed by atoms with Gasteiger partial charge in [-0.05, 0) is 37.5 Å². The molecule has 3 N–H and O–H groups in total. The number of halogens is 2. The standard InChI is InChI=1S/C19H29FN4O.HI/c1-4-21-18(23-11-10-22-17(25)14(2)3)24-13-19(8-9-19)15-6-5-7-16(20)12-15;/h5-7,12,14H,4,8-11,13H2,1-3H3,(H,22,25)(H2,21,23,24);1H. The summed E-state index contributed by atoms with van der Waals surface area (Å²) in [4.78, 5) is 16.2. The van der Waals surface area contributed by atoms with Crippen molar-refractivity contribution in [1.82, 2.24) is 16.0 Å². The maximum Gasteiger partial charge on any atom is 0.222 e. The van der Waals surface area contributed by atoms with Crippen molar-refractivity contribution in [2.45, 2.75) is 39.0 Å². The van der Waals surface area contributed by atoms with Crippen molar-refractivity contribution in [2.24, 2.45) is 10.9 Å². The molecule has 0 spiro atoms. The molecule has 0 heterocycles. The number of hydrogen-bond donors (Lipinski definition) is 3. The van der Waals surface area contributed by atoms with Crippen LogP contribution in [0.4, 0.5) is 4.39 Å². The molecule has 0 atom stereocenters. The predicted octanol–water partition coefficient (Wildman–Crippen LogP) is 2.80. The summed E-state index contributed by atoms with van der Waals surface area (Å²) in [6.45, 7) is 8.30. The smallest absolute Gasteiger partial charge is 0.222 e. The maximum absolute atomic E-state index is 13.5. The number of nitrogens with one attached hydrogen (secondary N) is 3. The molecule has 1 aliphatic carbocycles. The lowest BCUT2D eigenvalue weighted by Gasteiger charge is -2.16. The van der Waals surface area contributed by atoms with Crippen LogP contribution in [0.25, 0.3) is 0 Å². The third kappa shape index (κ3) is 6.74. The summed E-state index contributed by atoms with van der Waals surface area (Å²) in [7, 11) is 0. The molecule has 1 aromatic rings. The second-order valence-electron chi connectivity index (χ2n) is 6.86. The average molecular weight is 476 g/mol. The van der Waals surface area contributed by atoms with Crippen LogP contribution in [0.2, 0.25) is 0 Å². The lowest BCUT2D eigenvalue weighted by atomic mass is 9.96. The van der Waals surface area contributed by atoms with Gasteiger partial charge in [0.25, 0.3) is 0 Å². The Morgan fingerprint density at radius 1 is 1.23 bits per heavy atom. The van der Waals surface area contributed by atoms with Gasteiger partial charge >= 0.3 is 0 Å². The molecule has 7 heteroatoms. The summed E-state index contributed by atoms with van der Waals surface area (Å²) in [5.74, 6) is 0.567. The molecule has 0 saturated heterocycles. The molecule has 0 aliphatic heterocycles. The van der Waals surface area contributed by atoms with Gasteiger partial charge in [0.15, 0.2) is 5.96 Å². The molecule has 0 bridgehead atoms. The first-order valence-electron chi connectivity index (χ1n) is 9.03. The summed E-state index contributed by atoms with van der Waals surface area (Å²) < 4.78 is 13.5. The van der Waals surface area contributed by atoms with E-state index < -0.39 is 0 Å². The van der Waals surface area contributed by atoms with E-state index >= 15 is 0 Å². The van der Waals surface area contributed by atoms with Crippen LogP contribution in [0, 0.1) is 11.7 Å². The van der Waals surface area contributed by atoms with E-state index in [2.05, 4.69) is 20.9 Å². The van der Waals surface area contributed by atoms with Crippen molar-refractivity contribution < 1.29 is 9.18 Å². The molecule has 0 aromatic heterocycles. The van der Waals surface area contributed by atoms with Gasteiger partial charge in [-0.1, -0.05) is 26.0 Å². The molecule has 0 radical (unpaired) electrons. The first-order valence-corrected chi connectivity index (χ1v) is 9.03. The quantitative estimate of drug-likeness (QED) is 0.234. The van der Waals surface area contributed by atoms with E-state index in [0.717, 1.165) is 30.9 Å². The Hall–Kier alpha value is -1.38. The van der Waals surface area contributed by atoms with Crippen molar-refractivity contribution in [2.75, 3.05) is 26.2 Å². The minimum Gasteiger partial charge on any atom is -0.357 e. The first-order chi connectivity index (χ1) is 12.0. The summed E-state index contributed by atoms with van der Waals surface area (Å²) >= 11 is 0. The van der Waals surface area contributed by atoms with Crippen LogP contribution in [0.5, 0.6) is 0 Å². The Morgan fingerprint density at radius 3 is 2.50 bits per heavy atom. The van der Waals surface area contributed by atoms with Crippen molar-refractivity contribution >= 4 is 35.8 Å². The summed E-state index contributed by atoms with van der Waals surface area (Å²) in [6, 6.07) is 6.83. The Bertz CT molecular complexity index is 617. The number of rotatable bonds is 8. The van der Waals surface area contributed by atoms with E-state index in [9.17, 15) is 9.18 Å². The summed E-state index contributed by atoms with van der Waals surface area (Å²) in [5, 5.41) is 9.31. The molecular weight excluding hydrogens is 446 g/mol. The van der Waals surface area contributed by atoms with Crippen molar-refractivity contribution in [3.8, 4) is 0 Å². The molecule has 2 rings (SSSR count). The number of guanidine groups is 1. The highest BCUT2D eigenvalue weighted by atomic mass is 127. The lowest BCUT2D eigenvalue weighted by molar-refractivity contribution is -0.123. The Labute approximate surface area is 172 Å². The van der Waals surface area contributed by atoms with Crippen LogP contribution in [0.15, 0.2) is 29.3 Å². The lowest BCUT2D eigenvalue weighted by Crippen LogP contribution is -2.42. The Kier molecular flexibility index (Phi) is 9.32. The topological polar surface area (TPSA) is 65.5 Å². The van der Waals surface area contributed by atoms with Crippen LogP contribution < -0.4 is 16.0 Å². The van der Waals surface area contributed by atoms with Gasteiger partial charge in [-0.15, -0.1) is 24.0 Å². The highest BCUT2D eigenvalue weighted by Gasteiger charge is 2.44. The van der Waals surface area contributed by atoms with Gasteiger partial charge in [-0.25, -0.2) is 4.39 Å². The Morgan fingerprint density at radius 2 is 1.92 bits per heavy atom. The third-order valence-corrected chi connectivity index (χ3v) is 4.42. The fourth-order valence-electron chi connectivity index (χ4n) is 2.65. The second-order valence-corrected chi connectivity index (χ2v) is 6.86. The van der Waals surface area contributed by atoms with E-state index in [1.165, 1.54) is 6.07 Å². The molecule has 1 aliphatic rings. The van der Waals surface area contributed by atoms with Crippen molar-refractivity contribution in [3.63, 3.8) is 0 Å². The number of nitrogens with zero attached hydrogens (tertiary/aromatic N) is 1. The van der Waals surface area contributed by atoms with Gasteiger partial charge in [-0.2, -0.15) is 0 Å². The van der Waals surface area contributed by atoms with Gasteiger partial charge < -0.3 is 16.0 Å². The Balaban J connectivity index is 0.00000338. The highest BCUT2D eigenvalue weighted by Crippen LogP contribution is 2.48. The van der Waals surface area contributed by atoms with Gasteiger partial charge in [-0.3, -0.25) is 9.79 Å². The van der Waals surface area contributed by atoms with E-state index in [1.807, 2.05) is 26.8 Å². The van der Waals surface area contributed by atoms with Crippen LogP contribution in [-0.2, 0) is 10.2 Å². The van der Waals surface area contributed by atoms with E-state index in [4.69, 9.17) is 0 Å². The SMILES string of the molecule is CCNC(=NCC1(c2cccc(F)c2)CC1)NCCNC(=O)C(C)C.I. The monoisotopic (exact) mass is 476 g/mol. The third-order valence-electron chi connectivity index (χ3n) is 4.42. The summed E-state index contributed by atoms with van der Waals surface area (Å²) in [5.41, 5.74) is 0.993. The summed E-state index contributed by atoms with van der Waals surface area (Å²) in [6.07, 6.45) is 2.06. The minimum atomic E-state index is -0.196. The largest absolute Gasteiger partial charge is 0.357 e.